The van der Waals surface area contributed by atoms with Crippen molar-refractivity contribution in [2.45, 2.75) is 4.90 Å². The van der Waals surface area contributed by atoms with Crippen molar-refractivity contribution in [3.05, 3.63) is 57.0 Å². The number of benzene rings is 2. The highest BCUT2D eigenvalue weighted by Crippen LogP contribution is 2.28. The zero-order chi connectivity index (χ0) is 16.5. The van der Waals surface area contributed by atoms with Crippen LogP contribution in [0.5, 0.6) is 0 Å². The number of rotatable bonds is 4. The van der Waals surface area contributed by atoms with E-state index in [1.54, 1.807) is 0 Å². The van der Waals surface area contributed by atoms with Crippen molar-refractivity contribution in [3.8, 4) is 0 Å². The average Bonchev–Trinajstić information content (AvgIpc) is 2.43. The van der Waals surface area contributed by atoms with Crippen LogP contribution in [-0.2, 0) is 10.0 Å². The van der Waals surface area contributed by atoms with Gasteiger partial charge in [-0.1, -0.05) is 34.8 Å². The quantitative estimate of drug-likeness (QED) is 0.750. The van der Waals surface area contributed by atoms with E-state index in [9.17, 15) is 13.2 Å². The van der Waals surface area contributed by atoms with E-state index in [1.165, 1.54) is 36.4 Å². The zero-order valence-electron chi connectivity index (χ0n) is 10.6. The third kappa shape index (κ3) is 3.86. The van der Waals surface area contributed by atoms with Gasteiger partial charge < -0.3 is 0 Å². The van der Waals surface area contributed by atoms with Crippen molar-refractivity contribution in [2.75, 3.05) is 4.72 Å². The van der Waals surface area contributed by atoms with E-state index in [0.717, 1.165) is 0 Å². The fourth-order valence-electron chi connectivity index (χ4n) is 1.62. The third-order valence-corrected chi connectivity index (χ3v) is 5.18. The molecule has 1 N–H and O–H groups in total. The summed E-state index contributed by atoms with van der Waals surface area (Å²) in [7, 11) is -3.97. The molecule has 4 nitrogen and oxygen atoms in total. The minimum Gasteiger partial charge on any atom is -0.279 e. The van der Waals surface area contributed by atoms with Gasteiger partial charge in [0.15, 0.2) is 0 Å². The van der Waals surface area contributed by atoms with Gasteiger partial charge in [-0.15, -0.1) is 0 Å². The van der Waals surface area contributed by atoms with E-state index < -0.39 is 15.3 Å². The van der Waals surface area contributed by atoms with Crippen LogP contribution in [0.3, 0.4) is 0 Å². The monoisotopic (exact) mass is 397 g/mol. The molecule has 9 heteroatoms. The zero-order valence-corrected chi connectivity index (χ0v) is 14.4. The number of hydrogen-bond donors (Lipinski definition) is 1. The summed E-state index contributed by atoms with van der Waals surface area (Å²) in [4.78, 5) is 11.3. The summed E-state index contributed by atoms with van der Waals surface area (Å²) < 4.78 is 26.9. The number of nitrogens with one attached hydrogen (secondary N) is 1. The number of sulfonamides is 1. The maximum atomic E-state index is 12.3. The minimum absolute atomic E-state index is 0.00970. The van der Waals surface area contributed by atoms with Crippen LogP contribution in [0.2, 0.25) is 15.1 Å². The van der Waals surface area contributed by atoms with Crippen molar-refractivity contribution < 1.29 is 13.2 Å². The molecule has 0 bridgehead atoms. The Kier molecular flexibility index (Phi) is 5.25. The number of hydrogen-bond acceptors (Lipinski definition) is 3. The summed E-state index contributed by atoms with van der Waals surface area (Å²) in [5, 5.41) is -0.270. The topological polar surface area (TPSA) is 63.2 Å². The lowest BCUT2D eigenvalue weighted by Gasteiger charge is -2.11. The first-order chi connectivity index (χ1) is 10.2. The lowest BCUT2D eigenvalue weighted by molar-refractivity contribution is 0.108. The molecule has 0 amide bonds. The number of carbonyl (C=O) groups excluding carboxylic acids is 1. The van der Waals surface area contributed by atoms with E-state index in [2.05, 4.69) is 4.72 Å². The van der Waals surface area contributed by atoms with Crippen LogP contribution in [0, 0.1) is 0 Å². The van der Waals surface area contributed by atoms with Gasteiger partial charge in [-0.3, -0.25) is 9.52 Å². The van der Waals surface area contributed by atoms with Crippen molar-refractivity contribution in [3.63, 3.8) is 0 Å². The normalized spacial score (nSPS) is 11.3. The molecule has 0 unspecified atom stereocenters. The van der Waals surface area contributed by atoms with Gasteiger partial charge in [0.1, 0.15) is 0 Å². The maximum Gasteiger partial charge on any atom is 0.261 e. The second-order valence-electron chi connectivity index (χ2n) is 4.15. The van der Waals surface area contributed by atoms with E-state index >= 15 is 0 Å². The van der Waals surface area contributed by atoms with Crippen LogP contribution >= 0.6 is 46.4 Å². The fraction of sp³-hybridized carbons (Fsp3) is 0. The predicted octanol–water partition coefficient (Wildman–Crippen LogP) is 4.83. The first-order valence-corrected chi connectivity index (χ1v) is 8.67. The molecule has 0 atom stereocenters. The molecule has 0 saturated carbocycles. The number of carbonyl (C=O) groups is 1. The Morgan fingerprint density at radius 3 is 2.23 bits per heavy atom. The summed E-state index contributed by atoms with van der Waals surface area (Å²) in [6.45, 7) is 0. The second-order valence-corrected chi connectivity index (χ2v) is 7.42. The average molecular weight is 399 g/mol. The second kappa shape index (κ2) is 6.64. The Bertz CT molecular complexity index is 852. The SMILES string of the molecule is O=C(Cl)c1cc(Cl)ccc1NS(=O)(=O)c1ccc(Cl)c(Cl)c1. The molecule has 0 aliphatic rings. The molecule has 0 heterocycles. The van der Waals surface area contributed by atoms with Crippen molar-refractivity contribution >= 4 is 67.4 Å². The molecular weight excluding hydrogens is 392 g/mol. The summed E-state index contributed by atoms with van der Waals surface area (Å²) >= 11 is 22.8. The Morgan fingerprint density at radius 1 is 0.955 bits per heavy atom. The van der Waals surface area contributed by atoms with Crippen LogP contribution < -0.4 is 4.72 Å². The summed E-state index contributed by atoms with van der Waals surface area (Å²) in [5.74, 6) is 0. The van der Waals surface area contributed by atoms with Gasteiger partial charge in [-0.25, -0.2) is 8.42 Å². The summed E-state index contributed by atoms with van der Waals surface area (Å²) in [5.41, 5.74) is -0.0479. The minimum atomic E-state index is -3.97. The van der Waals surface area contributed by atoms with Crippen LogP contribution in [0.25, 0.3) is 0 Å². The Labute approximate surface area is 147 Å². The van der Waals surface area contributed by atoms with Gasteiger partial charge in [-0.2, -0.15) is 0 Å². The maximum absolute atomic E-state index is 12.3. The number of anilines is 1. The van der Waals surface area contributed by atoms with Crippen molar-refractivity contribution in [1.29, 1.82) is 0 Å². The molecule has 0 aromatic heterocycles. The Hall–Kier alpha value is -0.980. The highest BCUT2D eigenvalue weighted by Gasteiger charge is 2.19. The standard InChI is InChI=1S/C13H7Cl4NO3S/c14-7-1-4-12(9(5-7)13(17)19)18-22(20,21)8-2-3-10(15)11(16)6-8/h1-6,18H. The molecule has 0 fully saturated rings. The summed E-state index contributed by atoms with van der Waals surface area (Å²) in [6.07, 6.45) is 0. The van der Waals surface area contributed by atoms with Gasteiger partial charge in [0.2, 0.25) is 0 Å². The lowest BCUT2D eigenvalue weighted by atomic mass is 10.2. The Morgan fingerprint density at radius 2 is 1.64 bits per heavy atom. The largest absolute Gasteiger partial charge is 0.279 e. The first kappa shape index (κ1) is 17.4. The molecule has 2 aromatic rings. The molecular formula is C13H7Cl4NO3S. The van der Waals surface area contributed by atoms with Crippen molar-refractivity contribution in [1.82, 2.24) is 0 Å². The fourth-order valence-corrected chi connectivity index (χ4v) is 3.41. The molecule has 22 heavy (non-hydrogen) atoms. The molecule has 2 aromatic carbocycles. The molecule has 0 aliphatic heterocycles. The molecule has 2 rings (SSSR count). The van der Waals surface area contributed by atoms with E-state index in [-0.39, 0.29) is 31.2 Å². The molecule has 0 radical (unpaired) electrons. The third-order valence-electron chi connectivity index (χ3n) is 2.64. The van der Waals surface area contributed by atoms with Crippen molar-refractivity contribution in [2.24, 2.45) is 0 Å². The smallest absolute Gasteiger partial charge is 0.261 e. The summed E-state index contributed by atoms with van der Waals surface area (Å²) in [6, 6.07) is 7.88. The van der Waals surface area contributed by atoms with E-state index in [1.807, 2.05) is 0 Å². The first-order valence-electron chi connectivity index (χ1n) is 5.68. The van der Waals surface area contributed by atoms with Crippen LogP contribution in [0.1, 0.15) is 10.4 Å². The molecule has 116 valence electrons. The molecule has 0 aliphatic carbocycles. The van der Waals surface area contributed by atoms with Gasteiger partial charge in [0.25, 0.3) is 15.3 Å². The van der Waals surface area contributed by atoms with Gasteiger partial charge in [-0.05, 0) is 48.0 Å². The highest BCUT2D eigenvalue weighted by atomic mass is 35.5. The lowest BCUT2D eigenvalue weighted by Crippen LogP contribution is -2.15. The van der Waals surface area contributed by atoms with Gasteiger partial charge >= 0.3 is 0 Å². The number of halogens is 4. The van der Waals surface area contributed by atoms with Crippen LogP contribution in [0.4, 0.5) is 5.69 Å². The van der Waals surface area contributed by atoms with E-state index in [4.69, 9.17) is 46.4 Å². The predicted molar refractivity (Wildman–Crippen MR) is 88.9 cm³/mol. The van der Waals surface area contributed by atoms with Crippen LogP contribution in [-0.4, -0.2) is 13.7 Å². The van der Waals surface area contributed by atoms with E-state index in [0.29, 0.717) is 0 Å². The van der Waals surface area contributed by atoms with Crippen LogP contribution in [0.15, 0.2) is 41.3 Å². The highest BCUT2D eigenvalue weighted by molar-refractivity contribution is 7.92. The Balaban J connectivity index is 2.45. The molecule has 0 saturated heterocycles. The van der Waals surface area contributed by atoms with Gasteiger partial charge in [0.05, 0.1) is 26.2 Å². The molecule has 0 spiro atoms. The van der Waals surface area contributed by atoms with Gasteiger partial charge in [0, 0.05) is 5.02 Å².